The highest BCUT2D eigenvalue weighted by Gasteiger charge is 2.22. The van der Waals surface area contributed by atoms with Gasteiger partial charge in [-0.2, -0.15) is 0 Å². The van der Waals surface area contributed by atoms with Crippen molar-refractivity contribution in [1.82, 2.24) is 0 Å². The molecule has 0 spiro atoms. The molecule has 0 heterocycles. The van der Waals surface area contributed by atoms with Gasteiger partial charge in [-0.1, -0.05) is 34.8 Å². The van der Waals surface area contributed by atoms with Gasteiger partial charge in [-0.15, -0.1) is 0 Å². The third kappa shape index (κ3) is 3.62. The van der Waals surface area contributed by atoms with Crippen LogP contribution in [-0.2, 0) is 11.2 Å². The molecule has 0 bridgehead atoms. The molecule has 0 aliphatic heterocycles. The van der Waals surface area contributed by atoms with Crippen molar-refractivity contribution in [3.05, 3.63) is 38.3 Å². The summed E-state index contributed by atoms with van der Waals surface area (Å²) in [7, 11) is 0. The number of hydrogen-bond acceptors (Lipinski definition) is 3. The number of aryl methyl sites for hydroxylation is 1. The quantitative estimate of drug-likeness (QED) is 0.606. The molecule has 0 saturated heterocycles. The maximum atomic E-state index is 12.0. The number of ketones is 1. The Bertz CT molecular complexity index is 495. The van der Waals surface area contributed by atoms with Gasteiger partial charge in [-0.05, 0) is 24.8 Å². The fourth-order valence-electron chi connectivity index (χ4n) is 2.56. The minimum Gasteiger partial charge on any atom is -0.299 e. The van der Waals surface area contributed by atoms with E-state index < -0.39 is 4.92 Å². The van der Waals surface area contributed by atoms with Crippen LogP contribution in [0.3, 0.4) is 0 Å². The van der Waals surface area contributed by atoms with Gasteiger partial charge in [0.25, 0.3) is 5.69 Å². The first kappa shape index (κ1) is 14.2. The second-order valence-electron chi connectivity index (χ2n) is 4.98. The van der Waals surface area contributed by atoms with E-state index in [1.165, 1.54) is 12.1 Å². The van der Waals surface area contributed by atoms with E-state index in [-0.39, 0.29) is 11.6 Å². The van der Waals surface area contributed by atoms with Crippen molar-refractivity contribution in [3.8, 4) is 0 Å². The van der Waals surface area contributed by atoms with Crippen LogP contribution in [0, 0.1) is 16.0 Å². The maximum Gasteiger partial charge on any atom is 0.270 e. The molecule has 0 radical (unpaired) electrons. The normalized spacial score (nSPS) is 15.6. The van der Waals surface area contributed by atoms with Crippen LogP contribution in [0.2, 0.25) is 0 Å². The SMILES string of the molecule is O=C(CCc1ccc([N+](=O)[O-])cc1Br)C1CCCC1. The van der Waals surface area contributed by atoms with E-state index in [4.69, 9.17) is 0 Å². The fraction of sp³-hybridized carbons (Fsp3) is 0.500. The molecule has 0 amide bonds. The largest absolute Gasteiger partial charge is 0.299 e. The average molecular weight is 326 g/mol. The second-order valence-corrected chi connectivity index (χ2v) is 5.83. The summed E-state index contributed by atoms with van der Waals surface area (Å²) in [6.07, 6.45) is 5.56. The van der Waals surface area contributed by atoms with Gasteiger partial charge in [0, 0.05) is 28.9 Å². The molecule has 1 aromatic carbocycles. The third-order valence-corrected chi connectivity index (χ3v) is 4.44. The Hall–Kier alpha value is -1.23. The molecule has 19 heavy (non-hydrogen) atoms. The minimum absolute atomic E-state index is 0.0674. The first-order valence-corrected chi connectivity index (χ1v) is 7.33. The lowest BCUT2D eigenvalue weighted by Crippen LogP contribution is -2.11. The van der Waals surface area contributed by atoms with Crippen LogP contribution < -0.4 is 0 Å². The molecule has 2 rings (SSSR count). The summed E-state index contributed by atoms with van der Waals surface area (Å²) in [4.78, 5) is 22.2. The number of benzene rings is 1. The first-order chi connectivity index (χ1) is 9.08. The number of nitrogens with zero attached hydrogens (tertiary/aromatic N) is 1. The Kier molecular flexibility index (Phi) is 4.69. The fourth-order valence-corrected chi connectivity index (χ4v) is 3.13. The monoisotopic (exact) mass is 325 g/mol. The van der Waals surface area contributed by atoms with E-state index in [2.05, 4.69) is 15.9 Å². The molecule has 0 unspecified atom stereocenters. The minimum atomic E-state index is -0.418. The number of carbonyl (C=O) groups is 1. The van der Waals surface area contributed by atoms with Crippen molar-refractivity contribution >= 4 is 27.4 Å². The van der Waals surface area contributed by atoms with Crippen LogP contribution in [0.1, 0.15) is 37.7 Å². The van der Waals surface area contributed by atoms with Gasteiger partial charge in [0.2, 0.25) is 0 Å². The van der Waals surface area contributed by atoms with Gasteiger partial charge in [0.05, 0.1) is 4.92 Å². The van der Waals surface area contributed by atoms with Crippen molar-refractivity contribution in [3.63, 3.8) is 0 Å². The summed E-state index contributed by atoms with van der Waals surface area (Å²) in [6.45, 7) is 0. The van der Waals surface area contributed by atoms with Gasteiger partial charge in [-0.25, -0.2) is 0 Å². The molecule has 4 nitrogen and oxygen atoms in total. The van der Waals surface area contributed by atoms with Gasteiger partial charge >= 0.3 is 0 Å². The van der Waals surface area contributed by atoms with Crippen LogP contribution in [0.25, 0.3) is 0 Å². The highest BCUT2D eigenvalue weighted by Crippen LogP contribution is 2.28. The molecule has 1 fully saturated rings. The Morgan fingerprint density at radius 1 is 1.37 bits per heavy atom. The van der Waals surface area contributed by atoms with E-state index in [0.717, 1.165) is 31.2 Å². The van der Waals surface area contributed by atoms with E-state index in [1.54, 1.807) is 6.07 Å². The molecule has 0 aromatic heterocycles. The summed E-state index contributed by atoms with van der Waals surface area (Å²) in [5.74, 6) is 0.583. The zero-order valence-electron chi connectivity index (χ0n) is 10.6. The number of hydrogen-bond donors (Lipinski definition) is 0. The summed E-state index contributed by atoms with van der Waals surface area (Å²) < 4.78 is 0.709. The summed E-state index contributed by atoms with van der Waals surface area (Å²) >= 11 is 3.33. The molecule has 1 saturated carbocycles. The van der Waals surface area contributed by atoms with Crippen molar-refractivity contribution in [2.45, 2.75) is 38.5 Å². The van der Waals surface area contributed by atoms with Gasteiger partial charge in [-0.3, -0.25) is 14.9 Å². The highest BCUT2D eigenvalue weighted by atomic mass is 79.9. The molecule has 102 valence electrons. The Morgan fingerprint density at radius 2 is 2.05 bits per heavy atom. The molecular weight excluding hydrogens is 310 g/mol. The van der Waals surface area contributed by atoms with E-state index in [9.17, 15) is 14.9 Å². The van der Waals surface area contributed by atoms with Crippen molar-refractivity contribution < 1.29 is 9.72 Å². The zero-order valence-corrected chi connectivity index (χ0v) is 12.2. The number of carbonyl (C=O) groups excluding carboxylic acids is 1. The Balaban J connectivity index is 1.95. The van der Waals surface area contributed by atoms with Crippen LogP contribution in [0.15, 0.2) is 22.7 Å². The number of nitro groups is 1. The van der Waals surface area contributed by atoms with Crippen molar-refractivity contribution in [2.24, 2.45) is 5.92 Å². The zero-order chi connectivity index (χ0) is 13.8. The lowest BCUT2D eigenvalue weighted by Gasteiger charge is -2.08. The number of nitro benzene ring substituents is 1. The second kappa shape index (κ2) is 6.28. The summed E-state index contributed by atoms with van der Waals surface area (Å²) in [5.41, 5.74) is 1.02. The van der Waals surface area contributed by atoms with Gasteiger partial charge in [0.1, 0.15) is 5.78 Å². The van der Waals surface area contributed by atoms with E-state index >= 15 is 0 Å². The van der Waals surface area contributed by atoms with Crippen molar-refractivity contribution in [1.29, 1.82) is 0 Å². The molecule has 1 aromatic rings. The van der Waals surface area contributed by atoms with Crippen LogP contribution in [-0.4, -0.2) is 10.7 Å². The molecule has 0 N–H and O–H groups in total. The topological polar surface area (TPSA) is 60.2 Å². The maximum absolute atomic E-state index is 12.0. The predicted molar refractivity (Wildman–Crippen MR) is 76.1 cm³/mol. The van der Waals surface area contributed by atoms with E-state index in [0.29, 0.717) is 23.1 Å². The highest BCUT2D eigenvalue weighted by molar-refractivity contribution is 9.10. The van der Waals surface area contributed by atoms with Crippen LogP contribution in [0.4, 0.5) is 5.69 Å². The van der Waals surface area contributed by atoms with Gasteiger partial charge in [0.15, 0.2) is 0 Å². The van der Waals surface area contributed by atoms with E-state index in [1.807, 2.05) is 0 Å². The number of non-ortho nitro benzene ring substituents is 1. The molecule has 1 aliphatic rings. The lowest BCUT2D eigenvalue weighted by atomic mass is 9.97. The number of halogens is 1. The molecule has 0 atom stereocenters. The molecule has 5 heteroatoms. The van der Waals surface area contributed by atoms with Crippen molar-refractivity contribution in [2.75, 3.05) is 0 Å². The Morgan fingerprint density at radius 3 is 2.63 bits per heavy atom. The number of rotatable bonds is 5. The van der Waals surface area contributed by atoms with Crippen LogP contribution >= 0.6 is 15.9 Å². The smallest absolute Gasteiger partial charge is 0.270 e. The van der Waals surface area contributed by atoms with Gasteiger partial charge < -0.3 is 0 Å². The summed E-state index contributed by atoms with van der Waals surface area (Å²) in [5, 5.41) is 10.6. The molecular formula is C14H16BrNO3. The Labute approximate surface area is 120 Å². The standard InChI is InChI=1S/C14H16BrNO3/c15-13-9-12(16(18)19)7-5-10(13)6-8-14(17)11-3-1-2-4-11/h5,7,9,11H,1-4,6,8H2. The summed E-state index contributed by atoms with van der Waals surface area (Å²) in [6, 6.07) is 4.71. The number of Topliss-reactive ketones (excluding diaryl/α,β-unsaturated/α-hetero) is 1. The van der Waals surface area contributed by atoms with Crippen LogP contribution in [0.5, 0.6) is 0 Å². The lowest BCUT2D eigenvalue weighted by molar-refractivity contribution is -0.384. The first-order valence-electron chi connectivity index (χ1n) is 6.53. The predicted octanol–water partition coefficient (Wildman–Crippen LogP) is 4.05. The third-order valence-electron chi connectivity index (χ3n) is 3.70. The molecule has 1 aliphatic carbocycles. The average Bonchev–Trinajstić information content (AvgIpc) is 2.90.